The van der Waals surface area contributed by atoms with Crippen molar-refractivity contribution in [2.75, 3.05) is 6.54 Å². The molecule has 6 heteroatoms. The Balaban J connectivity index is 2.16. The highest BCUT2D eigenvalue weighted by Gasteiger charge is 2.47. The summed E-state index contributed by atoms with van der Waals surface area (Å²) in [5.74, 6) is -1.45. The number of carbonyl (C=O) groups excluding carboxylic acids is 2. The van der Waals surface area contributed by atoms with Crippen LogP contribution in [0.2, 0.25) is 0 Å². The van der Waals surface area contributed by atoms with Gasteiger partial charge in [0.1, 0.15) is 6.04 Å². The van der Waals surface area contributed by atoms with Crippen LogP contribution in [-0.4, -0.2) is 45.9 Å². The summed E-state index contributed by atoms with van der Waals surface area (Å²) in [5.41, 5.74) is -0.325. The number of carboxylic acid groups (broad SMARTS) is 1. The molecule has 21 heavy (non-hydrogen) atoms. The first-order valence-corrected chi connectivity index (χ1v) is 7.81. The van der Waals surface area contributed by atoms with Gasteiger partial charge >= 0.3 is 5.97 Å². The molecule has 6 nitrogen and oxygen atoms in total. The Labute approximate surface area is 124 Å². The Morgan fingerprint density at radius 2 is 2.05 bits per heavy atom. The van der Waals surface area contributed by atoms with Crippen molar-refractivity contribution in [1.29, 1.82) is 0 Å². The molecule has 1 unspecified atom stereocenters. The van der Waals surface area contributed by atoms with E-state index < -0.39 is 12.0 Å². The van der Waals surface area contributed by atoms with E-state index in [1.165, 1.54) is 4.90 Å². The normalized spacial score (nSPS) is 24.1. The number of rotatable bonds is 5. The van der Waals surface area contributed by atoms with Crippen LogP contribution in [0.3, 0.4) is 0 Å². The Kier molecular flexibility index (Phi) is 4.85. The van der Waals surface area contributed by atoms with Gasteiger partial charge in [-0.3, -0.25) is 14.4 Å². The first-order valence-electron chi connectivity index (χ1n) is 7.81. The number of hydrogen-bond acceptors (Lipinski definition) is 3. The number of piperazine rings is 1. The van der Waals surface area contributed by atoms with Crippen LogP contribution >= 0.6 is 0 Å². The van der Waals surface area contributed by atoms with Crippen molar-refractivity contribution < 1.29 is 19.5 Å². The molecule has 1 aliphatic carbocycles. The largest absolute Gasteiger partial charge is 0.481 e. The minimum Gasteiger partial charge on any atom is -0.481 e. The van der Waals surface area contributed by atoms with Gasteiger partial charge in [0.25, 0.3) is 0 Å². The second kappa shape index (κ2) is 6.45. The van der Waals surface area contributed by atoms with Crippen molar-refractivity contribution in [3.63, 3.8) is 0 Å². The van der Waals surface area contributed by atoms with Gasteiger partial charge in [-0.2, -0.15) is 0 Å². The summed E-state index contributed by atoms with van der Waals surface area (Å²) < 4.78 is 0. The lowest BCUT2D eigenvalue weighted by atomic mass is 9.90. The number of nitrogens with zero attached hydrogens (tertiary/aromatic N) is 1. The quantitative estimate of drug-likeness (QED) is 0.800. The zero-order chi connectivity index (χ0) is 15.5. The molecule has 0 aromatic carbocycles. The zero-order valence-corrected chi connectivity index (χ0v) is 12.6. The predicted octanol–water partition coefficient (Wildman–Crippen LogP) is 1.29. The van der Waals surface area contributed by atoms with E-state index >= 15 is 0 Å². The fourth-order valence-electron chi connectivity index (χ4n) is 3.40. The van der Waals surface area contributed by atoms with Gasteiger partial charge in [0.15, 0.2) is 0 Å². The maximum Gasteiger partial charge on any atom is 0.305 e. The van der Waals surface area contributed by atoms with Crippen LogP contribution in [-0.2, 0) is 14.4 Å². The van der Waals surface area contributed by atoms with Crippen molar-refractivity contribution in [3.05, 3.63) is 0 Å². The molecule has 0 aromatic rings. The van der Waals surface area contributed by atoms with Gasteiger partial charge < -0.3 is 15.3 Å². The van der Waals surface area contributed by atoms with E-state index in [9.17, 15) is 14.4 Å². The van der Waals surface area contributed by atoms with Crippen LogP contribution in [0.25, 0.3) is 0 Å². The van der Waals surface area contributed by atoms with Gasteiger partial charge in [-0.1, -0.05) is 26.2 Å². The Hall–Kier alpha value is -1.59. The topological polar surface area (TPSA) is 86.7 Å². The molecule has 0 aromatic heterocycles. The summed E-state index contributed by atoms with van der Waals surface area (Å²) in [6, 6.07) is -0.863. The predicted molar refractivity (Wildman–Crippen MR) is 76.6 cm³/mol. The van der Waals surface area contributed by atoms with Crippen LogP contribution in [0.4, 0.5) is 0 Å². The highest BCUT2D eigenvalue weighted by Crippen LogP contribution is 2.34. The van der Waals surface area contributed by atoms with Crippen molar-refractivity contribution in [2.24, 2.45) is 0 Å². The van der Waals surface area contributed by atoms with Crippen molar-refractivity contribution in [3.8, 4) is 0 Å². The van der Waals surface area contributed by atoms with Crippen LogP contribution in [0.15, 0.2) is 0 Å². The van der Waals surface area contributed by atoms with Crippen LogP contribution in [0, 0.1) is 0 Å². The molecular weight excluding hydrogens is 272 g/mol. The van der Waals surface area contributed by atoms with Crippen LogP contribution < -0.4 is 5.32 Å². The summed E-state index contributed by atoms with van der Waals surface area (Å²) in [6.45, 7) is 2.46. The Bertz CT molecular complexity index is 429. The van der Waals surface area contributed by atoms with Gasteiger partial charge in [-0.15, -0.1) is 0 Å². The number of nitrogens with one attached hydrogen (secondary N) is 1. The maximum atomic E-state index is 12.4. The molecule has 1 saturated carbocycles. The van der Waals surface area contributed by atoms with E-state index in [4.69, 9.17) is 5.11 Å². The van der Waals surface area contributed by atoms with Crippen LogP contribution in [0.5, 0.6) is 0 Å². The fraction of sp³-hybridized carbons (Fsp3) is 0.800. The lowest BCUT2D eigenvalue weighted by Gasteiger charge is -2.45. The SMILES string of the molecule is CCCCC(=O)N1CC2(CCCC2)NC(=O)C1CC(=O)O. The molecule has 1 spiro atoms. The van der Waals surface area contributed by atoms with E-state index in [2.05, 4.69) is 5.32 Å². The molecule has 2 amide bonds. The number of carboxylic acids is 1. The molecule has 0 radical (unpaired) electrons. The standard InChI is InChI=1S/C15H24N2O4/c1-2-3-6-12(18)17-10-15(7-4-5-8-15)16-14(21)11(17)9-13(19)20/h11H,2-10H2,1H3,(H,16,21)(H,19,20). The average Bonchev–Trinajstić information content (AvgIpc) is 2.86. The molecule has 1 atom stereocenters. The molecule has 2 N–H and O–H groups in total. The monoisotopic (exact) mass is 296 g/mol. The third-order valence-electron chi connectivity index (χ3n) is 4.53. The molecule has 1 saturated heterocycles. The number of aliphatic carboxylic acids is 1. The van der Waals surface area contributed by atoms with Gasteiger partial charge in [-0.25, -0.2) is 0 Å². The highest BCUT2D eigenvalue weighted by molar-refractivity contribution is 5.92. The number of carbonyl (C=O) groups is 3. The van der Waals surface area contributed by atoms with Gasteiger partial charge in [0, 0.05) is 13.0 Å². The Morgan fingerprint density at radius 3 is 2.62 bits per heavy atom. The van der Waals surface area contributed by atoms with Gasteiger partial charge in [-0.05, 0) is 19.3 Å². The van der Waals surface area contributed by atoms with E-state index in [-0.39, 0.29) is 23.8 Å². The number of amides is 2. The molecule has 118 valence electrons. The molecule has 2 aliphatic rings. The lowest BCUT2D eigenvalue weighted by Crippen LogP contribution is -2.67. The minimum atomic E-state index is -1.05. The van der Waals surface area contributed by atoms with E-state index in [0.29, 0.717) is 13.0 Å². The minimum absolute atomic E-state index is 0.0933. The summed E-state index contributed by atoms with van der Waals surface area (Å²) in [5, 5.41) is 12.0. The maximum absolute atomic E-state index is 12.4. The van der Waals surface area contributed by atoms with Gasteiger partial charge in [0.05, 0.1) is 12.0 Å². The second-order valence-electron chi connectivity index (χ2n) is 6.22. The molecule has 1 aliphatic heterocycles. The molecule has 1 heterocycles. The number of unbranched alkanes of at least 4 members (excludes halogenated alkanes) is 1. The zero-order valence-electron chi connectivity index (χ0n) is 12.6. The van der Waals surface area contributed by atoms with Crippen molar-refractivity contribution in [1.82, 2.24) is 10.2 Å². The third-order valence-corrected chi connectivity index (χ3v) is 4.53. The summed E-state index contributed by atoms with van der Waals surface area (Å²) in [6.07, 6.45) is 5.56. The summed E-state index contributed by atoms with van der Waals surface area (Å²) in [4.78, 5) is 37.2. The number of hydrogen-bond donors (Lipinski definition) is 2. The first kappa shape index (κ1) is 15.8. The molecular formula is C15H24N2O4. The Morgan fingerprint density at radius 1 is 1.38 bits per heavy atom. The smallest absolute Gasteiger partial charge is 0.305 e. The summed E-state index contributed by atoms with van der Waals surface area (Å²) >= 11 is 0. The van der Waals surface area contributed by atoms with E-state index in [0.717, 1.165) is 38.5 Å². The van der Waals surface area contributed by atoms with Crippen LogP contribution in [0.1, 0.15) is 58.3 Å². The van der Waals surface area contributed by atoms with E-state index in [1.807, 2.05) is 6.92 Å². The second-order valence-corrected chi connectivity index (χ2v) is 6.22. The van der Waals surface area contributed by atoms with Crippen molar-refractivity contribution >= 4 is 17.8 Å². The van der Waals surface area contributed by atoms with Crippen molar-refractivity contribution in [2.45, 2.75) is 69.9 Å². The fourth-order valence-corrected chi connectivity index (χ4v) is 3.40. The highest BCUT2D eigenvalue weighted by atomic mass is 16.4. The summed E-state index contributed by atoms with van der Waals surface area (Å²) in [7, 11) is 0. The third kappa shape index (κ3) is 3.54. The average molecular weight is 296 g/mol. The lowest BCUT2D eigenvalue weighted by molar-refractivity contribution is -0.152. The molecule has 2 rings (SSSR count). The molecule has 0 bridgehead atoms. The van der Waals surface area contributed by atoms with Gasteiger partial charge in [0.2, 0.25) is 11.8 Å². The molecule has 2 fully saturated rings. The first-order chi connectivity index (χ1) is 9.97. The van der Waals surface area contributed by atoms with E-state index in [1.54, 1.807) is 0 Å².